The van der Waals surface area contributed by atoms with E-state index in [1.807, 2.05) is 11.8 Å². The minimum Gasteiger partial charge on any atom is -0.348 e. The van der Waals surface area contributed by atoms with Crippen molar-refractivity contribution in [1.82, 2.24) is 14.5 Å². The van der Waals surface area contributed by atoms with Crippen LogP contribution in [0.1, 0.15) is 25.5 Å². The summed E-state index contributed by atoms with van der Waals surface area (Å²) in [5.41, 5.74) is 0.790. The lowest BCUT2D eigenvalue weighted by atomic mass is 10.1. The maximum Gasteiger partial charge on any atom is 0.246 e. The molecule has 0 aliphatic carbocycles. The standard InChI is InChI=1S/C21H25F2N3O3S/c1-15(17-7-9-18(22)10-8-17)24-21(27)16(2)25-11-13-26(14-12-25)30(28,29)20-6-4-3-5-19(20)23/h3-10,15-16H,11-14H2,1-2H3,(H,24,27)/t15-,16+/m1/s1. The van der Waals surface area contributed by atoms with E-state index in [2.05, 4.69) is 5.32 Å². The molecule has 30 heavy (non-hydrogen) atoms. The van der Waals surface area contributed by atoms with E-state index in [-0.39, 0.29) is 35.8 Å². The van der Waals surface area contributed by atoms with E-state index in [0.29, 0.717) is 13.1 Å². The molecule has 1 amide bonds. The Balaban J connectivity index is 1.58. The molecule has 0 aromatic heterocycles. The molecule has 1 heterocycles. The average Bonchev–Trinajstić information content (AvgIpc) is 2.74. The molecule has 1 saturated heterocycles. The third-order valence-electron chi connectivity index (χ3n) is 5.38. The van der Waals surface area contributed by atoms with E-state index in [1.54, 1.807) is 19.1 Å². The topological polar surface area (TPSA) is 69.7 Å². The lowest BCUT2D eigenvalue weighted by Gasteiger charge is -2.37. The van der Waals surface area contributed by atoms with Crippen molar-refractivity contribution < 1.29 is 22.0 Å². The van der Waals surface area contributed by atoms with Crippen LogP contribution in [0, 0.1) is 11.6 Å². The second-order valence-corrected chi connectivity index (χ2v) is 9.23. The second-order valence-electron chi connectivity index (χ2n) is 7.33. The summed E-state index contributed by atoms with van der Waals surface area (Å²) in [5.74, 6) is -1.31. The number of carbonyl (C=O) groups excluding carboxylic acids is 1. The number of halogens is 2. The number of nitrogens with one attached hydrogen (secondary N) is 1. The van der Waals surface area contributed by atoms with E-state index in [1.165, 1.54) is 34.6 Å². The minimum absolute atomic E-state index is 0.168. The van der Waals surface area contributed by atoms with Crippen LogP contribution in [0.5, 0.6) is 0 Å². The van der Waals surface area contributed by atoms with Gasteiger partial charge in [-0.05, 0) is 43.7 Å². The van der Waals surface area contributed by atoms with Gasteiger partial charge in [-0.15, -0.1) is 0 Å². The predicted molar refractivity (Wildman–Crippen MR) is 109 cm³/mol. The van der Waals surface area contributed by atoms with E-state index >= 15 is 0 Å². The van der Waals surface area contributed by atoms with Crippen LogP contribution in [0.15, 0.2) is 53.4 Å². The van der Waals surface area contributed by atoms with E-state index < -0.39 is 21.9 Å². The maximum atomic E-state index is 13.9. The highest BCUT2D eigenvalue weighted by Crippen LogP contribution is 2.21. The number of amides is 1. The Kier molecular flexibility index (Phi) is 6.84. The van der Waals surface area contributed by atoms with Gasteiger partial charge in [0.15, 0.2) is 0 Å². The first kappa shape index (κ1) is 22.3. The Hall–Kier alpha value is -2.36. The summed E-state index contributed by atoms with van der Waals surface area (Å²) in [7, 11) is -3.92. The first-order chi connectivity index (χ1) is 14.2. The Labute approximate surface area is 175 Å². The van der Waals surface area contributed by atoms with Gasteiger partial charge in [-0.1, -0.05) is 24.3 Å². The van der Waals surface area contributed by atoms with Crippen LogP contribution in [0.4, 0.5) is 8.78 Å². The largest absolute Gasteiger partial charge is 0.348 e. The lowest BCUT2D eigenvalue weighted by Crippen LogP contribution is -2.55. The summed E-state index contributed by atoms with van der Waals surface area (Å²) in [5, 5.41) is 2.90. The van der Waals surface area contributed by atoms with Crippen LogP contribution in [0.3, 0.4) is 0 Å². The number of carbonyl (C=O) groups is 1. The van der Waals surface area contributed by atoms with Crippen LogP contribution in [0.2, 0.25) is 0 Å². The fraction of sp³-hybridized carbons (Fsp3) is 0.381. The number of benzene rings is 2. The summed E-state index contributed by atoms with van der Waals surface area (Å²) in [4.78, 5) is 14.2. The van der Waals surface area contributed by atoms with E-state index in [0.717, 1.165) is 11.6 Å². The highest BCUT2D eigenvalue weighted by molar-refractivity contribution is 7.89. The minimum atomic E-state index is -3.92. The number of rotatable bonds is 6. The van der Waals surface area contributed by atoms with Gasteiger partial charge >= 0.3 is 0 Å². The molecule has 2 aromatic rings. The highest BCUT2D eigenvalue weighted by Gasteiger charge is 2.33. The maximum absolute atomic E-state index is 13.9. The van der Waals surface area contributed by atoms with Gasteiger partial charge in [0.05, 0.1) is 12.1 Å². The Morgan fingerprint density at radius 3 is 2.17 bits per heavy atom. The SMILES string of the molecule is C[C@@H](NC(=O)[C@H](C)N1CCN(S(=O)(=O)c2ccccc2F)CC1)c1ccc(F)cc1. The summed E-state index contributed by atoms with van der Waals surface area (Å²) >= 11 is 0. The van der Waals surface area contributed by atoms with Gasteiger partial charge in [0.25, 0.3) is 0 Å². The quantitative estimate of drug-likeness (QED) is 0.754. The molecule has 162 valence electrons. The normalized spacial score (nSPS) is 18.0. The molecule has 1 N–H and O–H groups in total. The number of sulfonamides is 1. The highest BCUT2D eigenvalue weighted by atomic mass is 32.2. The van der Waals surface area contributed by atoms with Crippen LogP contribution < -0.4 is 5.32 Å². The molecule has 0 radical (unpaired) electrons. The summed E-state index contributed by atoms with van der Waals surface area (Å²) in [6.07, 6.45) is 0. The van der Waals surface area contributed by atoms with Crippen molar-refractivity contribution in [3.8, 4) is 0 Å². The Morgan fingerprint density at radius 1 is 0.967 bits per heavy atom. The lowest BCUT2D eigenvalue weighted by molar-refractivity contribution is -0.127. The average molecular weight is 438 g/mol. The van der Waals surface area contributed by atoms with Gasteiger partial charge in [0, 0.05) is 26.2 Å². The molecule has 0 saturated carbocycles. The molecule has 6 nitrogen and oxygen atoms in total. The van der Waals surface area contributed by atoms with Crippen LogP contribution in [-0.2, 0) is 14.8 Å². The van der Waals surface area contributed by atoms with Crippen molar-refractivity contribution >= 4 is 15.9 Å². The zero-order chi connectivity index (χ0) is 21.9. The third kappa shape index (κ3) is 4.85. The molecule has 9 heteroatoms. The van der Waals surface area contributed by atoms with Crippen molar-refractivity contribution in [2.75, 3.05) is 26.2 Å². The molecule has 1 aliphatic heterocycles. The number of nitrogens with zero attached hydrogens (tertiary/aromatic N) is 2. The number of hydrogen-bond acceptors (Lipinski definition) is 4. The molecule has 1 aliphatic rings. The molecule has 2 atom stereocenters. The predicted octanol–water partition coefficient (Wildman–Crippen LogP) is 2.54. The van der Waals surface area contributed by atoms with E-state index in [4.69, 9.17) is 0 Å². The molecule has 3 rings (SSSR count). The molecular weight excluding hydrogens is 412 g/mol. The van der Waals surface area contributed by atoms with Gasteiger partial charge in [-0.25, -0.2) is 17.2 Å². The van der Waals surface area contributed by atoms with Gasteiger partial charge in [-0.3, -0.25) is 9.69 Å². The molecule has 2 aromatic carbocycles. The molecule has 0 unspecified atom stereocenters. The molecule has 0 spiro atoms. The monoisotopic (exact) mass is 437 g/mol. The van der Waals surface area contributed by atoms with Crippen molar-refractivity contribution in [2.45, 2.75) is 30.8 Å². The summed E-state index contributed by atoms with van der Waals surface area (Å²) in [6, 6.07) is 10.5. The fourth-order valence-electron chi connectivity index (χ4n) is 3.46. The van der Waals surface area contributed by atoms with Crippen LogP contribution in [0.25, 0.3) is 0 Å². The first-order valence-electron chi connectivity index (χ1n) is 9.74. The third-order valence-corrected chi connectivity index (χ3v) is 7.32. The Bertz CT molecular complexity index is 991. The zero-order valence-corrected chi connectivity index (χ0v) is 17.7. The first-order valence-corrected chi connectivity index (χ1v) is 11.2. The fourth-order valence-corrected chi connectivity index (χ4v) is 4.95. The molecule has 1 fully saturated rings. The van der Waals surface area contributed by atoms with Gasteiger partial charge < -0.3 is 5.32 Å². The van der Waals surface area contributed by atoms with Crippen molar-refractivity contribution in [3.63, 3.8) is 0 Å². The van der Waals surface area contributed by atoms with Crippen LogP contribution in [-0.4, -0.2) is 55.8 Å². The number of piperazine rings is 1. The van der Waals surface area contributed by atoms with Gasteiger partial charge in [0.2, 0.25) is 15.9 Å². The van der Waals surface area contributed by atoms with Gasteiger partial charge in [-0.2, -0.15) is 4.31 Å². The number of hydrogen-bond donors (Lipinski definition) is 1. The van der Waals surface area contributed by atoms with Crippen molar-refractivity contribution in [2.24, 2.45) is 0 Å². The Morgan fingerprint density at radius 2 is 1.57 bits per heavy atom. The van der Waals surface area contributed by atoms with Crippen molar-refractivity contribution in [3.05, 3.63) is 65.7 Å². The zero-order valence-electron chi connectivity index (χ0n) is 16.9. The smallest absolute Gasteiger partial charge is 0.246 e. The summed E-state index contributed by atoms with van der Waals surface area (Å²) in [6.45, 7) is 4.62. The summed E-state index contributed by atoms with van der Waals surface area (Å²) < 4.78 is 53.7. The molecule has 0 bridgehead atoms. The van der Waals surface area contributed by atoms with E-state index in [9.17, 15) is 22.0 Å². The second kappa shape index (κ2) is 9.20. The molecular formula is C21H25F2N3O3S. The van der Waals surface area contributed by atoms with Crippen molar-refractivity contribution in [1.29, 1.82) is 0 Å². The van der Waals surface area contributed by atoms with Gasteiger partial charge in [0.1, 0.15) is 16.5 Å². The van der Waals surface area contributed by atoms with Crippen LogP contribution >= 0.6 is 0 Å².